The van der Waals surface area contributed by atoms with Crippen LogP contribution in [0, 0.1) is 19.8 Å². The van der Waals surface area contributed by atoms with Gasteiger partial charge < -0.3 is 14.9 Å². The quantitative estimate of drug-likeness (QED) is 0.688. The largest absolute Gasteiger partial charge is 0.504 e. The van der Waals surface area contributed by atoms with Gasteiger partial charge in [0.05, 0.1) is 11.0 Å². The highest BCUT2D eigenvalue weighted by Crippen LogP contribution is 2.64. The molecule has 4 heteroatoms. The first-order valence-electron chi connectivity index (χ1n) is 11.9. The van der Waals surface area contributed by atoms with Crippen molar-refractivity contribution in [1.82, 2.24) is 4.90 Å². The minimum atomic E-state index is -0.925. The minimum Gasteiger partial charge on any atom is -0.504 e. The van der Waals surface area contributed by atoms with E-state index in [-0.39, 0.29) is 23.8 Å². The third kappa shape index (κ3) is 2.89. The van der Waals surface area contributed by atoms with E-state index in [9.17, 15) is 10.2 Å². The second-order valence-electron chi connectivity index (χ2n) is 10.2. The van der Waals surface area contributed by atoms with E-state index in [1.165, 1.54) is 11.1 Å². The number of fused-ring (bicyclic) bond motifs is 1. The summed E-state index contributed by atoms with van der Waals surface area (Å²) in [6.45, 7) is 11.9. The van der Waals surface area contributed by atoms with E-state index in [4.69, 9.17) is 4.74 Å². The monoisotopic (exact) mass is 433 g/mol. The maximum atomic E-state index is 12.5. The summed E-state index contributed by atoms with van der Waals surface area (Å²) in [5.74, 6) is 1.06. The van der Waals surface area contributed by atoms with Gasteiger partial charge in [0.2, 0.25) is 0 Å². The molecule has 1 saturated heterocycles. The van der Waals surface area contributed by atoms with Crippen molar-refractivity contribution in [3.8, 4) is 11.5 Å². The van der Waals surface area contributed by atoms with Crippen LogP contribution in [0.3, 0.4) is 0 Å². The summed E-state index contributed by atoms with van der Waals surface area (Å²) < 4.78 is 6.66. The molecule has 2 aromatic carbocycles. The molecule has 3 aliphatic rings. The molecular weight excluding hydrogens is 398 g/mol. The van der Waals surface area contributed by atoms with Gasteiger partial charge in [0.25, 0.3) is 0 Å². The Balaban J connectivity index is 1.63. The van der Waals surface area contributed by atoms with Crippen LogP contribution < -0.4 is 4.74 Å². The normalized spacial score (nSPS) is 33.7. The molecule has 0 bridgehead atoms. The van der Waals surface area contributed by atoms with Gasteiger partial charge in [-0.3, -0.25) is 4.90 Å². The van der Waals surface area contributed by atoms with Gasteiger partial charge in [-0.15, -0.1) is 6.58 Å². The average Bonchev–Trinajstić information content (AvgIpc) is 3.13. The van der Waals surface area contributed by atoms with E-state index >= 15 is 0 Å². The number of likely N-dealkylation sites (tertiary alicyclic amines) is 1. The molecule has 1 aliphatic carbocycles. The zero-order valence-electron chi connectivity index (χ0n) is 19.5. The molecule has 170 valence electrons. The molecule has 0 radical (unpaired) electrons. The van der Waals surface area contributed by atoms with Crippen molar-refractivity contribution in [2.24, 2.45) is 5.92 Å². The number of aromatic hydroxyl groups is 1. The third-order valence-corrected chi connectivity index (χ3v) is 8.60. The molecule has 2 heterocycles. The molecule has 32 heavy (non-hydrogen) atoms. The van der Waals surface area contributed by atoms with Gasteiger partial charge in [0.15, 0.2) is 11.5 Å². The maximum absolute atomic E-state index is 12.5. The van der Waals surface area contributed by atoms with Crippen molar-refractivity contribution in [2.45, 2.75) is 69.6 Å². The lowest BCUT2D eigenvalue weighted by Gasteiger charge is -2.61. The van der Waals surface area contributed by atoms with E-state index < -0.39 is 11.0 Å². The predicted octanol–water partition coefficient (Wildman–Crippen LogP) is 4.67. The lowest BCUT2D eigenvalue weighted by atomic mass is 9.50. The number of phenolic OH excluding ortho intramolecular Hbond substituents is 1. The van der Waals surface area contributed by atoms with Crippen LogP contribution in [0.1, 0.15) is 48.4 Å². The van der Waals surface area contributed by atoms with Crippen molar-refractivity contribution >= 4 is 0 Å². The molecule has 2 aromatic rings. The zero-order chi connectivity index (χ0) is 22.7. The Bertz CT molecular complexity index is 1050. The first-order chi connectivity index (χ1) is 15.3. The standard InChI is InChI=1S/C28H35NO3/c1-5-14-29-15-13-27-24-19(3)9-10-23(30)25(24)32-26(27)22(11-12-28(27,31)20(29)4)17-21-8-6-7-18(2)16-21/h5-10,16,20,22,26,30-31H,1,11-15,17H2,2-4H3/t20?,22-,26?,27?,28+/m0/s1. The maximum Gasteiger partial charge on any atom is 0.165 e. The number of rotatable bonds is 4. The van der Waals surface area contributed by atoms with E-state index in [2.05, 4.69) is 56.5 Å². The van der Waals surface area contributed by atoms with Crippen LogP contribution in [0.25, 0.3) is 0 Å². The summed E-state index contributed by atoms with van der Waals surface area (Å²) in [6, 6.07) is 12.4. The molecule has 5 rings (SSSR count). The van der Waals surface area contributed by atoms with Gasteiger partial charge in [-0.2, -0.15) is 0 Å². The lowest BCUT2D eigenvalue weighted by molar-refractivity contribution is -0.186. The fraction of sp³-hybridized carbons (Fsp3) is 0.500. The smallest absolute Gasteiger partial charge is 0.165 e. The van der Waals surface area contributed by atoms with Crippen LogP contribution in [-0.2, 0) is 11.8 Å². The van der Waals surface area contributed by atoms with Gasteiger partial charge in [-0.25, -0.2) is 0 Å². The summed E-state index contributed by atoms with van der Waals surface area (Å²) in [6.07, 6.45) is 5.13. The highest BCUT2D eigenvalue weighted by Gasteiger charge is 2.69. The van der Waals surface area contributed by atoms with Crippen molar-refractivity contribution < 1.29 is 14.9 Å². The lowest BCUT2D eigenvalue weighted by Crippen LogP contribution is -2.73. The number of phenols is 1. The minimum absolute atomic E-state index is 0.0204. The molecule has 0 aromatic heterocycles. The summed E-state index contributed by atoms with van der Waals surface area (Å²) in [4.78, 5) is 2.34. The Labute approximate surface area is 191 Å². The van der Waals surface area contributed by atoms with E-state index in [0.29, 0.717) is 5.75 Å². The summed E-state index contributed by atoms with van der Waals surface area (Å²) in [5, 5.41) is 23.2. The number of ether oxygens (including phenoxy) is 1. The fourth-order valence-corrected chi connectivity index (χ4v) is 7.10. The fourth-order valence-electron chi connectivity index (χ4n) is 7.10. The Morgan fingerprint density at radius 3 is 2.78 bits per heavy atom. The van der Waals surface area contributed by atoms with Crippen molar-refractivity contribution in [2.75, 3.05) is 13.1 Å². The van der Waals surface area contributed by atoms with Gasteiger partial charge in [-0.05, 0) is 70.2 Å². The first kappa shape index (κ1) is 21.5. The molecule has 1 spiro atoms. The summed E-state index contributed by atoms with van der Waals surface area (Å²) in [5.41, 5.74) is 3.26. The molecule has 1 saturated carbocycles. The topological polar surface area (TPSA) is 52.9 Å². The van der Waals surface area contributed by atoms with Crippen molar-refractivity contribution in [3.05, 3.63) is 71.3 Å². The zero-order valence-corrected chi connectivity index (χ0v) is 19.5. The number of aliphatic hydroxyl groups is 1. The molecular formula is C28H35NO3. The van der Waals surface area contributed by atoms with Gasteiger partial charge in [0, 0.05) is 24.1 Å². The number of hydrogen-bond acceptors (Lipinski definition) is 4. The number of nitrogens with zero attached hydrogens (tertiary/aromatic N) is 1. The second kappa shape index (κ2) is 7.64. The molecule has 0 amide bonds. The Kier molecular flexibility index (Phi) is 5.14. The van der Waals surface area contributed by atoms with Gasteiger partial charge >= 0.3 is 0 Å². The number of piperidine rings is 1. The van der Waals surface area contributed by atoms with Crippen LogP contribution in [0.2, 0.25) is 0 Å². The number of benzene rings is 2. The van der Waals surface area contributed by atoms with Crippen LogP contribution in [0.15, 0.2) is 49.1 Å². The van der Waals surface area contributed by atoms with Crippen molar-refractivity contribution in [3.63, 3.8) is 0 Å². The first-order valence-corrected chi connectivity index (χ1v) is 11.9. The Morgan fingerprint density at radius 2 is 2.03 bits per heavy atom. The second-order valence-corrected chi connectivity index (χ2v) is 10.2. The number of aryl methyl sites for hydroxylation is 2. The molecule has 2 aliphatic heterocycles. The van der Waals surface area contributed by atoms with Gasteiger partial charge in [-0.1, -0.05) is 42.0 Å². The Hall–Kier alpha value is -2.30. The number of hydrogen-bond donors (Lipinski definition) is 2. The summed E-state index contributed by atoms with van der Waals surface area (Å²) >= 11 is 0. The third-order valence-electron chi connectivity index (χ3n) is 8.60. The molecule has 5 atom stereocenters. The average molecular weight is 434 g/mol. The van der Waals surface area contributed by atoms with E-state index in [0.717, 1.165) is 49.9 Å². The predicted molar refractivity (Wildman–Crippen MR) is 127 cm³/mol. The van der Waals surface area contributed by atoms with Crippen LogP contribution >= 0.6 is 0 Å². The van der Waals surface area contributed by atoms with Gasteiger partial charge in [0.1, 0.15) is 6.10 Å². The molecule has 3 unspecified atom stereocenters. The molecule has 4 nitrogen and oxygen atoms in total. The van der Waals surface area contributed by atoms with Crippen LogP contribution in [0.4, 0.5) is 0 Å². The highest BCUT2D eigenvalue weighted by atomic mass is 16.5. The highest BCUT2D eigenvalue weighted by molar-refractivity contribution is 5.60. The summed E-state index contributed by atoms with van der Waals surface area (Å²) in [7, 11) is 0. The molecule has 2 N–H and O–H groups in total. The van der Waals surface area contributed by atoms with Crippen LogP contribution in [-0.4, -0.2) is 45.9 Å². The molecule has 2 fully saturated rings. The van der Waals surface area contributed by atoms with Crippen molar-refractivity contribution in [1.29, 1.82) is 0 Å². The van der Waals surface area contributed by atoms with E-state index in [1.54, 1.807) is 6.07 Å². The Morgan fingerprint density at radius 1 is 1.22 bits per heavy atom. The SMILES string of the molecule is C=CCN1CCC23c4c(C)ccc(O)c4OC2[C@H](Cc2cccc(C)c2)CC[C@@]3(O)C1C. The van der Waals surface area contributed by atoms with E-state index in [1.807, 2.05) is 12.1 Å². The van der Waals surface area contributed by atoms with Crippen LogP contribution in [0.5, 0.6) is 11.5 Å².